The Balaban J connectivity index is 1.28. The number of piperidine rings is 1. The lowest BCUT2D eigenvalue weighted by Crippen LogP contribution is -2.60. The van der Waals surface area contributed by atoms with E-state index in [0.717, 1.165) is 31.6 Å². The average molecular weight is 511 g/mol. The molecule has 0 bridgehead atoms. The van der Waals surface area contributed by atoms with Crippen LogP contribution in [0, 0.1) is 0 Å². The number of likely N-dealkylation sites (tertiary alicyclic amines) is 1. The second kappa shape index (κ2) is 9.80. The molecule has 33 heavy (non-hydrogen) atoms. The smallest absolute Gasteiger partial charge is 0.254 e. The van der Waals surface area contributed by atoms with Crippen molar-refractivity contribution in [3.05, 3.63) is 58.1 Å². The van der Waals surface area contributed by atoms with Gasteiger partial charge in [-0.15, -0.1) is 0 Å². The molecule has 7 nitrogen and oxygen atoms in total. The Kier molecular flexibility index (Phi) is 7.21. The summed E-state index contributed by atoms with van der Waals surface area (Å²) in [4.78, 5) is 16.2. The molecular weight excluding hydrogens is 483 g/mol. The zero-order chi connectivity index (χ0) is 23.8. The fraction of sp³-hybridized carbons (Fsp3) is 0.435. The molecule has 0 atom stereocenters. The summed E-state index contributed by atoms with van der Waals surface area (Å²) < 4.78 is 27.4. The zero-order valence-corrected chi connectivity index (χ0v) is 21.0. The number of anilines is 1. The third-order valence-corrected chi connectivity index (χ3v) is 8.99. The zero-order valence-electron chi connectivity index (χ0n) is 18.7. The first-order valence-corrected chi connectivity index (χ1v) is 13.1. The number of nitrogens with one attached hydrogen (secondary N) is 1. The molecule has 178 valence electrons. The maximum atomic E-state index is 12.9. The highest BCUT2D eigenvalue weighted by molar-refractivity contribution is 7.89. The summed E-state index contributed by atoms with van der Waals surface area (Å²) in [6.07, 6.45) is 1.59. The molecule has 2 heterocycles. The number of hydrogen-bond donors (Lipinski definition) is 1. The Morgan fingerprint density at radius 1 is 1.03 bits per heavy atom. The second-order valence-electron chi connectivity index (χ2n) is 8.76. The first-order valence-electron chi connectivity index (χ1n) is 10.9. The van der Waals surface area contributed by atoms with Crippen molar-refractivity contribution in [1.29, 1.82) is 0 Å². The predicted molar refractivity (Wildman–Crippen MR) is 132 cm³/mol. The largest absolute Gasteiger partial charge is 0.380 e. The first-order chi connectivity index (χ1) is 15.7. The van der Waals surface area contributed by atoms with Crippen molar-refractivity contribution in [2.75, 3.05) is 45.6 Å². The Hall–Kier alpha value is -1.84. The van der Waals surface area contributed by atoms with Crippen molar-refractivity contribution in [1.82, 2.24) is 14.1 Å². The molecule has 0 radical (unpaired) electrons. The number of halogens is 2. The van der Waals surface area contributed by atoms with Crippen molar-refractivity contribution < 1.29 is 13.2 Å². The fourth-order valence-corrected chi connectivity index (χ4v) is 6.62. The molecule has 2 saturated heterocycles. The third-order valence-electron chi connectivity index (χ3n) is 6.28. The van der Waals surface area contributed by atoms with E-state index in [0.29, 0.717) is 35.8 Å². The van der Waals surface area contributed by atoms with Gasteiger partial charge in [0.15, 0.2) is 0 Å². The van der Waals surface area contributed by atoms with Crippen molar-refractivity contribution in [2.24, 2.45) is 0 Å². The standard InChI is InChI=1S/C23H28Cl2N4O3S/c1-27(2)23(30)19-8-7-16(13-21(19)25)26-17-14-28(15-17)18-9-11-29(12-10-18)33(31,32)22-6-4-3-5-20(22)24/h3-8,13,17-18,26H,9-12,14-15H2,1-2H3. The quantitative estimate of drug-likeness (QED) is 0.641. The number of hydrogen-bond acceptors (Lipinski definition) is 5. The van der Waals surface area contributed by atoms with E-state index >= 15 is 0 Å². The maximum absolute atomic E-state index is 12.9. The number of carbonyl (C=O) groups is 1. The summed E-state index contributed by atoms with van der Waals surface area (Å²) >= 11 is 12.4. The van der Waals surface area contributed by atoms with Gasteiger partial charge in [0.2, 0.25) is 10.0 Å². The van der Waals surface area contributed by atoms with Crippen LogP contribution in [0.25, 0.3) is 0 Å². The van der Waals surface area contributed by atoms with Gasteiger partial charge in [-0.2, -0.15) is 4.31 Å². The SMILES string of the molecule is CN(C)C(=O)c1ccc(NC2CN(C3CCN(S(=O)(=O)c4ccccc4Cl)CC3)C2)cc1Cl. The summed E-state index contributed by atoms with van der Waals surface area (Å²) in [6, 6.07) is 12.7. The van der Waals surface area contributed by atoms with Gasteiger partial charge < -0.3 is 10.2 Å². The van der Waals surface area contributed by atoms with Crippen LogP contribution in [0.5, 0.6) is 0 Å². The summed E-state index contributed by atoms with van der Waals surface area (Å²) in [5.74, 6) is -0.121. The van der Waals surface area contributed by atoms with Crippen LogP contribution in [-0.2, 0) is 10.0 Å². The van der Waals surface area contributed by atoms with Crippen LogP contribution >= 0.6 is 23.2 Å². The van der Waals surface area contributed by atoms with Gasteiger partial charge in [-0.1, -0.05) is 35.3 Å². The molecule has 2 aliphatic heterocycles. The fourth-order valence-electron chi connectivity index (χ4n) is 4.40. The van der Waals surface area contributed by atoms with E-state index in [9.17, 15) is 13.2 Å². The summed E-state index contributed by atoms with van der Waals surface area (Å²) in [5.41, 5.74) is 1.38. The molecule has 1 N–H and O–H groups in total. The van der Waals surface area contributed by atoms with Gasteiger partial charge in [0, 0.05) is 52.0 Å². The molecule has 4 rings (SSSR count). The average Bonchev–Trinajstić information content (AvgIpc) is 2.76. The van der Waals surface area contributed by atoms with Crippen LogP contribution in [0.2, 0.25) is 10.0 Å². The number of carbonyl (C=O) groups excluding carboxylic acids is 1. The lowest BCUT2D eigenvalue weighted by Gasteiger charge is -2.47. The number of nitrogens with zero attached hydrogens (tertiary/aromatic N) is 3. The summed E-state index contributed by atoms with van der Waals surface area (Å²) in [5, 5.41) is 4.16. The van der Waals surface area contributed by atoms with Crippen molar-refractivity contribution >= 4 is 44.8 Å². The number of sulfonamides is 1. The molecule has 2 aromatic carbocycles. The van der Waals surface area contributed by atoms with Crippen LogP contribution in [0.4, 0.5) is 5.69 Å². The van der Waals surface area contributed by atoms with E-state index in [4.69, 9.17) is 23.2 Å². The monoisotopic (exact) mass is 510 g/mol. The van der Waals surface area contributed by atoms with Crippen LogP contribution in [0.15, 0.2) is 47.4 Å². The number of amides is 1. The van der Waals surface area contributed by atoms with Crippen molar-refractivity contribution in [2.45, 2.75) is 29.8 Å². The molecule has 0 aliphatic carbocycles. The Bertz CT molecular complexity index is 1130. The van der Waals surface area contributed by atoms with E-state index in [1.165, 1.54) is 4.90 Å². The van der Waals surface area contributed by atoms with Crippen LogP contribution in [-0.4, -0.2) is 80.8 Å². The second-order valence-corrected chi connectivity index (χ2v) is 11.5. The van der Waals surface area contributed by atoms with E-state index < -0.39 is 10.0 Å². The van der Waals surface area contributed by atoms with Gasteiger partial charge in [-0.05, 0) is 43.2 Å². The minimum Gasteiger partial charge on any atom is -0.380 e. The lowest BCUT2D eigenvalue weighted by atomic mass is 9.98. The van der Waals surface area contributed by atoms with E-state index in [2.05, 4.69) is 10.2 Å². The molecule has 0 unspecified atom stereocenters. The van der Waals surface area contributed by atoms with Gasteiger partial charge in [0.1, 0.15) is 4.90 Å². The third kappa shape index (κ3) is 5.15. The molecule has 2 fully saturated rings. The van der Waals surface area contributed by atoms with Crippen molar-refractivity contribution in [3.8, 4) is 0 Å². The van der Waals surface area contributed by atoms with E-state index in [1.54, 1.807) is 54.8 Å². The number of rotatable bonds is 6. The highest BCUT2D eigenvalue weighted by Gasteiger charge is 2.37. The van der Waals surface area contributed by atoms with Crippen LogP contribution < -0.4 is 5.32 Å². The predicted octanol–water partition coefficient (Wildman–Crippen LogP) is 3.64. The number of benzene rings is 2. The molecule has 2 aliphatic rings. The molecular formula is C23H28Cl2N4O3S. The molecule has 2 aromatic rings. The van der Waals surface area contributed by atoms with Crippen molar-refractivity contribution in [3.63, 3.8) is 0 Å². The summed E-state index contributed by atoms with van der Waals surface area (Å²) in [7, 11) is -0.172. The lowest BCUT2D eigenvalue weighted by molar-refractivity contribution is 0.0705. The first kappa shape index (κ1) is 24.3. The molecule has 1 amide bonds. The molecule has 0 spiro atoms. The van der Waals surface area contributed by atoms with E-state index in [1.807, 2.05) is 6.07 Å². The molecule has 0 aromatic heterocycles. The van der Waals surface area contributed by atoms with Gasteiger partial charge in [0.05, 0.1) is 21.7 Å². The highest BCUT2D eigenvalue weighted by Crippen LogP contribution is 2.30. The van der Waals surface area contributed by atoms with Crippen LogP contribution in [0.1, 0.15) is 23.2 Å². The van der Waals surface area contributed by atoms with Crippen LogP contribution in [0.3, 0.4) is 0 Å². The Labute approximate surface area is 205 Å². The normalized spacial score (nSPS) is 18.7. The molecule has 0 saturated carbocycles. The Morgan fingerprint density at radius 2 is 1.70 bits per heavy atom. The summed E-state index contributed by atoms with van der Waals surface area (Å²) in [6.45, 7) is 2.75. The van der Waals surface area contributed by atoms with Gasteiger partial charge in [-0.25, -0.2) is 8.42 Å². The van der Waals surface area contributed by atoms with Gasteiger partial charge in [0.25, 0.3) is 5.91 Å². The topological polar surface area (TPSA) is 73.0 Å². The minimum absolute atomic E-state index is 0.121. The highest BCUT2D eigenvalue weighted by atomic mass is 35.5. The van der Waals surface area contributed by atoms with E-state index in [-0.39, 0.29) is 15.8 Å². The maximum Gasteiger partial charge on any atom is 0.254 e. The van der Waals surface area contributed by atoms with Gasteiger partial charge >= 0.3 is 0 Å². The van der Waals surface area contributed by atoms with Gasteiger partial charge in [-0.3, -0.25) is 9.69 Å². The molecule has 10 heteroatoms. The Morgan fingerprint density at radius 3 is 2.30 bits per heavy atom. The minimum atomic E-state index is -3.57.